The fourth-order valence-corrected chi connectivity index (χ4v) is 6.43. The minimum atomic E-state index is -0.721. The molecule has 3 aliphatic rings. The number of nitrogens with zero attached hydrogens (tertiary/aromatic N) is 2. The summed E-state index contributed by atoms with van der Waals surface area (Å²) in [6.07, 6.45) is 1.90. The highest BCUT2D eigenvalue weighted by Crippen LogP contribution is 2.54. The van der Waals surface area contributed by atoms with E-state index in [9.17, 15) is 14.1 Å². The molecule has 3 heterocycles. The molecule has 244 valence electrons. The van der Waals surface area contributed by atoms with Crippen LogP contribution < -0.4 is 25.0 Å². The number of hydrogen-bond donors (Lipinski definition) is 2. The Labute approximate surface area is 268 Å². The average Bonchev–Trinajstić information content (AvgIpc) is 3.31. The van der Waals surface area contributed by atoms with E-state index < -0.39 is 29.0 Å². The van der Waals surface area contributed by atoms with Gasteiger partial charge in [0.05, 0.1) is 42.1 Å². The van der Waals surface area contributed by atoms with Crippen molar-refractivity contribution in [2.45, 2.75) is 38.7 Å². The van der Waals surface area contributed by atoms with Crippen molar-refractivity contribution in [3.8, 4) is 23.0 Å². The number of nitrogens with one attached hydrogen (secondary N) is 2. The summed E-state index contributed by atoms with van der Waals surface area (Å²) in [5, 5.41) is 3.30. The molecule has 3 fully saturated rings. The summed E-state index contributed by atoms with van der Waals surface area (Å²) in [5.41, 5.74) is 3.14. The van der Waals surface area contributed by atoms with Crippen LogP contribution in [0.15, 0.2) is 66.9 Å². The Bertz CT molecular complexity index is 1850. The predicted octanol–water partition coefficient (Wildman–Crippen LogP) is 6.22. The largest absolute Gasteiger partial charge is 0.493 e. The SMILES string of the molecule is COc1cc2nccc(Oc3ccc(N[N+](=O)[C@H]4[C@@H](C(=O)Nc5ccc(F)cc5)C4(C)C)cc3F)c2cc1O[C@@H]1CO[C@H]2OCCC21. The Balaban J connectivity index is 1.05. The average molecular weight is 648 g/mol. The van der Waals surface area contributed by atoms with Crippen LogP contribution >= 0.6 is 0 Å². The number of pyridine rings is 1. The number of nitroso groups, excluding NO2 is 1. The van der Waals surface area contributed by atoms with Crippen LogP contribution in [0.1, 0.15) is 20.3 Å². The number of carbonyl (C=O) groups is 1. The van der Waals surface area contributed by atoms with E-state index in [0.717, 1.165) is 12.5 Å². The molecule has 3 aromatic carbocycles. The maximum absolute atomic E-state index is 15.4. The van der Waals surface area contributed by atoms with E-state index in [1.165, 1.54) is 36.4 Å². The van der Waals surface area contributed by atoms with Crippen molar-refractivity contribution in [2.75, 3.05) is 31.1 Å². The van der Waals surface area contributed by atoms with Gasteiger partial charge in [-0.1, -0.05) is 13.8 Å². The summed E-state index contributed by atoms with van der Waals surface area (Å²) in [5.74, 6) is -0.807. The first-order valence-corrected chi connectivity index (χ1v) is 15.3. The molecule has 2 aliphatic heterocycles. The van der Waals surface area contributed by atoms with Gasteiger partial charge in [0, 0.05) is 29.4 Å². The molecule has 2 saturated heterocycles. The number of anilines is 2. The van der Waals surface area contributed by atoms with E-state index in [1.807, 2.05) is 0 Å². The fraction of sp³-hybridized carbons (Fsp3) is 0.353. The number of halogens is 2. The molecule has 4 aromatic rings. The van der Waals surface area contributed by atoms with Crippen LogP contribution in [-0.2, 0) is 14.3 Å². The lowest BCUT2D eigenvalue weighted by Gasteiger charge is -2.20. The van der Waals surface area contributed by atoms with Crippen molar-refractivity contribution >= 4 is 28.2 Å². The van der Waals surface area contributed by atoms with Gasteiger partial charge in [0.15, 0.2) is 29.4 Å². The summed E-state index contributed by atoms with van der Waals surface area (Å²) in [7, 11) is 1.54. The minimum Gasteiger partial charge on any atom is -0.493 e. The molecule has 47 heavy (non-hydrogen) atoms. The number of carbonyl (C=O) groups excluding carboxylic acids is 1. The van der Waals surface area contributed by atoms with Crippen LogP contribution in [-0.4, -0.2) is 54.5 Å². The number of ether oxygens (including phenoxy) is 5. The lowest BCUT2D eigenvalue weighted by atomic mass is 10.0. The number of fused-ring (bicyclic) bond motifs is 2. The van der Waals surface area contributed by atoms with Crippen LogP contribution in [0.5, 0.6) is 23.0 Å². The summed E-state index contributed by atoms with van der Waals surface area (Å²) >= 11 is 0. The van der Waals surface area contributed by atoms with Gasteiger partial charge >= 0.3 is 0 Å². The van der Waals surface area contributed by atoms with Crippen molar-refractivity contribution < 1.29 is 42.1 Å². The first kappa shape index (κ1) is 30.8. The van der Waals surface area contributed by atoms with Gasteiger partial charge < -0.3 is 29.0 Å². The highest BCUT2D eigenvalue weighted by atomic mass is 19.1. The first-order chi connectivity index (χ1) is 22.6. The molecule has 5 atom stereocenters. The molecule has 1 aromatic heterocycles. The Hall–Kier alpha value is -4.88. The number of rotatable bonds is 10. The van der Waals surface area contributed by atoms with E-state index in [-0.39, 0.29) is 35.7 Å². The number of hydrazine groups is 1. The van der Waals surface area contributed by atoms with Crippen molar-refractivity contribution in [1.82, 2.24) is 4.98 Å². The summed E-state index contributed by atoms with van der Waals surface area (Å²) in [6, 6.07) is 13.8. The lowest BCUT2D eigenvalue weighted by Crippen LogP contribution is -2.26. The van der Waals surface area contributed by atoms with Crippen LogP contribution in [0.3, 0.4) is 0 Å². The summed E-state index contributed by atoms with van der Waals surface area (Å²) < 4.78 is 57.8. The second kappa shape index (κ2) is 12.0. The topological polar surface area (TPSA) is 120 Å². The molecular weight excluding hydrogens is 614 g/mol. The standard InChI is InChI=1S/C34H32F2N4O7/c1-34(2)30(32(41)38-19-6-4-18(35)5-7-19)31(34)40(42)39-20-8-9-26(23(36)14-20)46-25-10-12-37-24-16-27(43-3)28(15-22(24)25)47-29-17-45-33-21(29)11-13-44-33/h4-10,12,14-16,21,29-31,33H,11,13,17H2,1-3H3,(H-,38,39,41,42)/p+1/t21?,29-,30+,31+,33-/m1/s1. The van der Waals surface area contributed by atoms with Crippen molar-refractivity contribution in [1.29, 1.82) is 0 Å². The zero-order valence-electron chi connectivity index (χ0n) is 25.9. The highest BCUT2D eigenvalue weighted by molar-refractivity contribution is 5.95. The molecule has 2 N–H and O–H groups in total. The third-order valence-electron chi connectivity index (χ3n) is 9.06. The van der Waals surface area contributed by atoms with E-state index in [2.05, 4.69) is 15.7 Å². The number of aromatic nitrogens is 1. The Morgan fingerprint density at radius 1 is 0.979 bits per heavy atom. The number of methoxy groups -OCH3 is 1. The Morgan fingerprint density at radius 3 is 2.53 bits per heavy atom. The van der Waals surface area contributed by atoms with Gasteiger partial charge in [-0.05, 0) is 55.0 Å². The molecular formula is C34H33F2N4O7+. The van der Waals surface area contributed by atoms with Crippen molar-refractivity contribution in [2.24, 2.45) is 17.3 Å². The lowest BCUT2D eigenvalue weighted by molar-refractivity contribution is -0.540. The predicted molar refractivity (Wildman–Crippen MR) is 166 cm³/mol. The molecule has 1 saturated carbocycles. The van der Waals surface area contributed by atoms with Gasteiger partial charge in [0.2, 0.25) is 5.91 Å². The normalized spacial score (nSPS) is 24.0. The molecule has 0 bridgehead atoms. The van der Waals surface area contributed by atoms with Gasteiger partial charge in [-0.25, -0.2) is 8.78 Å². The molecule has 13 heteroatoms. The number of benzene rings is 3. The van der Waals surface area contributed by atoms with Gasteiger partial charge in [-0.2, -0.15) is 0 Å². The molecule has 1 aliphatic carbocycles. The maximum Gasteiger partial charge on any atom is 0.253 e. The van der Waals surface area contributed by atoms with E-state index >= 15 is 4.39 Å². The highest BCUT2D eigenvalue weighted by Gasteiger charge is 2.73. The second-order valence-corrected chi connectivity index (χ2v) is 12.4. The van der Waals surface area contributed by atoms with E-state index in [1.54, 1.807) is 45.4 Å². The Morgan fingerprint density at radius 2 is 1.77 bits per heavy atom. The van der Waals surface area contributed by atoms with E-state index in [0.29, 0.717) is 51.9 Å². The number of amides is 1. The van der Waals surface area contributed by atoms with Crippen LogP contribution in [0.25, 0.3) is 10.9 Å². The van der Waals surface area contributed by atoms with Gasteiger partial charge in [0.25, 0.3) is 6.04 Å². The van der Waals surface area contributed by atoms with Gasteiger partial charge in [-0.15, -0.1) is 5.43 Å². The van der Waals surface area contributed by atoms with Crippen LogP contribution in [0.2, 0.25) is 0 Å². The fourth-order valence-electron chi connectivity index (χ4n) is 6.43. The van der Waals surface area contributed by atoms with E-state index in [4.69, 9.17) is 23.7 Å². The van der Waals surface area contributed by atoms with Gasteiger partial charge in [-0.3, -0.25) is 9.78 Å². The zero-order valence-corrected chi connectivity index (χ0v) is 25.9. The molecule has 1 amide bonds. The smallest absolute Gasteiger partial charge is 0.253 e. The first-order valence-electron chi connectivity index (χ1n) is 15.3. The maximum atomic E-state index is 15.4. The molecule has 7 rings (SSSR count). The van der Waals surface area contributed by atoms with Gasteiger partial charge in [0.1, 0.15) is 34.1 Å². The van der Waals surface area contributed by atoms with Crippen molar-refractivity contribution in [3.63, 3.8) is 0 Å². The third-order valence-corrected chi connectivity index (χ3v) is 9.06. The van der Waals surface area contributed by atoms with Crippen LogP contribution in [0.4, 0.5) is 20.2 Å². The number of hydrogen-bond acceptors (Lipinski definition) is 8. The molecule has 1 unspecified atom stereocenters. The van der Waals surface area contributed by atoms with Crippen LogP contribution in [0, 0.1) is 33.8 Å². The zero-order chi connectivity index (χ0) is 32.9. The summed E-state index contributed by atoms with van der Waals surface area (Å²) in [4.78, 5) is 31.0. The molecule has 0 radical (unpaired) electrons. The molecule has 0 spiro atoms. The quantitative estimate of drug-likeness (QED) is 0.153. The Kier molecular flexibility index (Phi) is 7.88. The monoisotopic (exact) mass is 647 g/mol. The van der Waals surface area contributed by atoms with Crippen molar-refractivity contribution in [3.05, 3.63) is 83.4 Å². The second-order valence-electron chi connectivity index (χ2n) is 12.4. The third kappa shape index (κ3) is 5.92. The summed E-state index contributed by atoms with van der Waals surface area (Å²) in [6.45, 7) is 4.60. The molecule has 11 nitrogen and oxygen atoms in total. The minimum absolute atomic E-state index is 0.0720.